The van der Waals surface area contributed by atoms with Crippen LogP contribution >= 0.6 is 22.9 Å². The van der Waals surface area contributed by atoms with E-state index < -0.39 is 18.5 Å². The molecule has 0 unspecified atom stereocenters. The van der Waals surface area contributed by atoms with E-state index in [1.54, 1.807) is 41.8 Å². The molecular formula is C16H11ClN2O3S. The van der Waals surface area contributed by atoms with Gasteiger partial charge >= 0.3 is 5.97 Å². The highest BCUT2D eigenvalue weighted by atomic mass is 35.5. The zero-order valence-electron chi connectivity index (χ0n) is 11.8. The van der Waals surface area contributed by atoms with Gasteiger partial charge in [-0.15, -0.1) is 11.3 Å². The molecule has 0 aliphatic heterocycles. The van der Waals surface area contributed by atoms with Crippen LogP contribution in [-0.2, 0) is 14.3 Å². The van der Waals surface area contributed by atoms with Crippen molar-refractivity contribution in [3.05, 3.63) is 57.9 Å². The topological polar surface area (TPSA) is 79.2 Å². The summed E-state index contributed by atoms with van der Waals surface area (Å²) in [5.41, 5.74) is 1.12. The summed E-state index contributed by atoms with van der Waals surface area (Å²) in [5.74, 6) is -1.15. The van der Waals surface area contributed by atoms with E-state index in [1.807, 2.05) is 6.07 Å². The van der Waals surface area contributed by atoms with Crippen LogP contribution in [0, 0.1) is 11.3 Å². The normalized spacial score (nSPS) is 10.3. The van der Waals surface area contributed by atoms with Gasteiger partial charge in [0.05, 0.1) is 5.56 Å². The van der Waals surface area contributed by atoms with Gasteiger partial charge in [0, 0.05) is 11.1 Å². The molecule has 2 aromatic rings. The lowest BCUT2D eigenvalue weighted by Gasteiger charge is -2.03. The van der Waals surface area contributed by atoms with E-state index >= 15 is 0 Å². The second kappa shape index (κ2) is 8.13. The average Bonchev–Trinajstić information content (AvgIpc) is 2.98. The van der Waals surface area contributed by atoms with E-state index in [1.165, 1.54) is 17.4 Å². The molecule has 0 radical (unpaired) electrons. The highest BCUT2D eigenvalue weighted by Crippen LogP contribution is 2.21. The Morgan fingerprint density at radius 2 is 2.22 bits per heavy atom. The Balaban J connectivity index is 1.82. The molecule has 0 atom stereocenters. The van der Waals surface area contributed by atoms with Crippen LogP contribution in [0.15, 0.2) is 41.8 Å². The first-order valence-corrected chi connectivity index (χ1v) is 7.72. The number of halogens is 1. The molecule has 1 amide bonds. The molecule has 1 aromatic carbocycles. The third-order valence-corrected chi connectivity index (χ3v) is 3.71. The van der Waals surface area contributed by atoms with Gasteiger partial charge in [-0.3, -0.25) is 4.79 Å². The van der Waals surface area contributed by atoms with Crippen LogP contribution in [0.25, 0.3) is 6.08 Å². The van der Waals surface area contributed by atoms with Crippen molar-refractivity contribution in [3.8, 4) is 6.07 Å². The van der Waals surface area contributed by atoms with Crippen LogP contribution in [0.5, 0.6) is 0 Å². The molecule has 7 heteroatoms. The standard InChI is InChI=1S/C16H11ClN2O3S/c17-13-3-1-2-11(8-13)4-5-15(21)22-10-14(20)19-16-12(9-18)6-7-23-16/h1-8H,10H2,(H,19,20)/b5-4+. The van der Waals surface area contributed by atoms with Crippen molar-refractivity contribution < 1.29 is 14.3 Å². The molecule has 0 saturated carbocycles. The van der Waals surface area contributed by atoms with Gasteiger partial charge < -0.3 is 10.1 Å². The number of benzene rings is 1. The number of nitrogens with one attached hydrogen (secondary N) is 1. The number of thiophene rings is 1. The van der Waals surface area contributed by atoms with Crippen molar-refractivity contribution in [2.45, 2.75) is 0 Å². The summed E-state index contributed by atoms with van der Waals surface area (Å²) in [6.07, 6.45) is 2.75. The van der Waals surface area contributed by atoms with Gasteiger partial charge in [-0.25, -0.2) is 4.79 Å². The van der Waals surface area contributed by atoms with E-state index in [0.29, 0.717) is 15.6 Å². The fourth-order valence-electron chi connectivity index (χ4n) is 1.62. The molecule has 5 nitrogen and oxygen atoms in total. The van der Waals surface area contributed by atoms with Crippen LogP contribution in [0.2, 0.25) is 5.02 Å². The first-order valence-electron chi connectivity index (χ1n) is 6.46. The number of carbonyl (C=O) groups is 2. The highest BCUT2D eigenvalue weighted by molar-refractivity contribution is 7.14. The van der Waals surface area contributed by atoms with Crippen molar-refractivity contribution >= 4 is 45.9 Å². The summed E-state index contributed by atoms with van der Waals surface area (Å²) >= 11 is 7.05. The Morgan fingerprint density at radius 3 is 2.96 bits per heavy atom. The maximum atomic E-state index is 11.7. The van der Waals surface area contributed by atoms with Gasteiger partial charge in [0.15, 0.2) is 6.61 Å². The van der Waals surface area contributed by atoms with Crippen LogP contribution in [0.1, 0.15) is 11.1 Å². The minimum atomic E-state index is -0.646. The Kier molecular flexibility index (Phi) is 5.92. The molecule has 1 aromatic heterocycles. The Labute approximate surface area is 141 Å². The molecule has 1 heterocycles. The summed E-state index contributed by atoms with van der Waals surface area (Å²) in [7, 11) is 0. The van der Waals surface area contributed by atoms with Gasteiger partial charge in [-0.1, -0.05) is 23.7 Å². The number of nitriles is 1. The van der Waals surface area contributed by atoms with E-state index in [0.717, 1.165) is 5.56 Å². The van der Waals surface area contributed by atoms with Crippen LogP contribution in [-0.4, -0.2) is 18.5 Å². The molecule has 0 aliphatic carbocycles. The van der Waals surface area contributed by atoms with Crippen LogP contribution in [0.4, 0.5) is 5.00 Å². The highest BCUT2D eigenvalue weighted by Gasteiger charge is 2.09. The number of rotatable bonds is 5. The third kappa shape index (κ3) is 5.25. The summed E-state index contributed by atoms with van der Waals surface area (Å²) in [6.45, 7) is -0.429. The zero-order valence-corrected chi connectivity index (χ0v) is 13.4. The van der Waals surface area contributed by atoms with E-state index in [-0.39, 0.29) is 0 Å². The number of amides is 1. The van der Waals surface area contributed by atoms with E-state index in [2.05, 4.69) is 5.32 Å². The Morgan fingerprint density at radius 1 is 1.39 bits per heavy atom. The molecule has 0 bridgehead atoms. The molecule has 0 fully saturated rings. The maximum Gasteiger partial charge on any atom is 0.331 e. The molecule has 23 heavy (non-hydrogen) atoms. The predicted octanol–water partition coefficient (Wildman–Crippen LogP) is 3.47. The zero-order chi connectivity index (χ0) is 16.7. The summed E-state index contributed by atoms with van der Waals surface area (Å²) in [6, 6.07) is 10.5. The molecule has 1 N–H and O–H groups in total. The molecule has 2 rings (SSSR count). The van der Waals surface area contributed by atoms with Crippen LogP contribution in [0.3, 0.4) is 0 Å². The monoisotopic (exact) mass is 346 g/mol. The molecular weight excluding hydrogens is 336 g/mol. The third-order valence-electron chi connectivity index (χ3n) is 2.64. The number of ether oxygens (including phenoxy) is 1. The maximum absolute atomic E-state index is 11.7. The number of nitrogens with zero attached hydrogens (tertiary/aromatic N) is 1. The van der Waals surface area contributed by atoms with Crippen molar-refractivity contribution in [1.82, 2.24) is 0 Å². The summed E-state index contributed by atoms with van der Waals surface area (Å²) in [5, 5.41) is 14.0. The molecule has 0 saturated heterocycles. The quantitative estimate of drug-likeness (QED) is 0.664. The minimum absolute atomic E-state index is 0.371. The summed E-state index contributed by atoms with van der Waals surface area (Å²) < 4.78 is 4.83. The smallest absolute Gasteiger partial charge is 0.331 e. The summed E-state index contributed by atoms with van der Waals surface area (Å²) in [4.78, 5) is 23.2. The minimum Gasteiger partial charge on any atom is -0.452 e. The SMILES string of the molecule is N#Cc1ccsc1NC(=O)COC(=O)/C=C/c1cccc(Cl)c1. The van der Waals surface area contributed by atoms with Crippen molar-refractivity contribution in [2.24, 2.45) is 0 Å². The average molecular weight is 347 g/mol. The van der Waals surface area contributed by atoms with Gasteiger partial charge in [0.25, 0.3) is 5.91 Å². The first-order chi connectivity index (χ1) is 11.1. The van der Waals surface area contributed by atoms with E-state index in [9.17, 15) is 9.59 Å². The lowest BCUT2D eigenvalue weighted by Crippen LogP contribution is -2.19. The van der Waals surface area contributed by atoms with Crippen molar-refractivity contribution in [3.63, 3.8) is 0 Å². The van der Waals surface area contributed by atoms with Crippen molar-refractivity contribution in [1.29, 1.82) is 5.26 Å². The molecule has 116 valence electrons. The number of esters is 1. The second-order valence-corrected chi connectivity index (χ2v) is 5.67. The van der Waals surface area contributed by atoms with Gasteiger partial charge in [-0.2, -0.15) is 5.26 Å². The van der Waals surface area contributed by atoms with Gasteiger partial charge in [0.2, 0.25) is 0 Å². The predicted molar refractivity (Wildman–Crippen MR) is 89.1 cm³/mol. The Bertz CT molecular complexity index is 793. The lowest BCUT2D eigenvalue weighted by molar-refractivity contribution is -0.142. The number of hydrogen-bond donors (Lipinski definition) is 1. The van der Waals surface area contributed by atoms with Crippen LogP contribution < -0.4 is 5.32 Å². The van der Waals surface area contributed by atoms with Crippen molar-refractivity contribution in [2.75, 3.05) is 11.9 Å². The number of hydrogen-bond acceptors (Lipinski definition) is 5. The Hall–Kier alpha value is -2.62. The lowest BCUT2D eigenvalue weighted by atomic mass is 10.2. The number of anilines is 1. The largest absolute Gasteiger partial charge is 0.452 e. The fraction of sp³-hybridized carbons (Fsp3) is 0.0625. The van der Waals surface area contributed by atoms with Gasteiger partial charge in [-0.05, 0) is 35.2 Å². The first kappa shape index (κ1) is 16.7. The number of carbonyl (C=O) groups excluding carboxylic acids is 2. The molecule has 0 spiro atoms. The van der Waals surface area contributed by atoms with Gasteiger partial charge in [0.1, 0.15) is 11.1 Å². The second-order valence-electron chi connectivity index (χ2n) is 4.32. The fourth-order valence-corrected chi connectivity index (χ4v) is 2.57. The van der Waals surface area contributed by atoms with E-state index in [4.69, 9.17) is 21.6 Å². The molecule has 0 aliphatic rings.